The Morgan fingerprint density at radius 1 is 1.20 bits per heavy atom. The quantitative estimate of drug-likeness (QED) is 0.124. The van der Waals surface area contributed by atoms with Crippen molar-refractivity contribution >= 4 is 35.4 Å². The summed E-state index contributed by atoms with van der Waals surface area (Å²) in [5.41, 5.74) is 5.16. The van der Waals surface area contributed by atoms with Crippen molar-refractivity contribution in [1.82, 2.24) is 30.4 Å². The van der Waals surface area contributed by atoms with Gasteiger partial charge in [-0.05, 0) is 31.9 Å². The molecule has 5 unspecified atom stereocenters. The number of rotatable bonds is 13. The maximum Gasteiger partial charge on any atom is 0.351 e. The normalized spacial score (nSPS) is 23.4. The highest BCUT2D eigenvalue weighted by Gasteiger charge is 2.60. The van der Waals surface area contributed by atoms with Gasteiger partial charge in [-0.3, -0.25) is 28.5 Å². The van der Waals surface area contributed by atoms with Gasteiger partial charge < -0.3 is 41.2 Å². The van der Waals surface area contributed by atoms with Crippen molar-refractivity contribution in [2.75, 3.05) is 25.4 Å². The summed E-state index contributed by atoms with van der Waals surface area (Å²) in [4.78, 5) is 80.2. The molecule has 16 nitrogen and oxygen atoms in total. The number of amides is 4. The third-order valence-electron chi connectivity index (χ3n) is 7.93. The van der Waals surface area contributed by atoms with E-state index in [0.717, 1.165) is 17.2 Å². The first-order valence-corrected chi connectivity index (χ1v) is 15.2. The highest BCUT2D eigenvalue weighted by Crippen LogP contribution is 2.42. The number of carbonyl (C=O) groups is 5. The molecule has 6 atom stereocenters. The van der Waals surface area contributed by atoms with Crippen LogP contribution in [-0.2, 0) is 39.9 Å². The third kappa shape index (κ3) is 8.82. The van der Waals surface area contributed by atoms with Crippen LogP contribution < -0.4 is 27.4 Å². The van der Waals surface area contributed by atoms with Crippen molar-refractivity contribution in [2.24, 2.45) is 0 Å². The second kappa shape index (κ2) is 15.3. The van der Waals surface area contributed by atoms with E-state index in [2.05, 4.69) is 27.5 Å². The smallest absolute Gasteiger partial charge is 0.351 e. The van der Waals surface area contributed by atoms with Gasteiger partial charge in [-0.25, -0.2) is 4.79 Å². The fourth-order valence-corrected chi connectivity index (χ4v) is 5.30. The molecule has 2 fully saturated rings. The van der Waals surface area contributed by atoms with Crippen LogP contribution in [0.5, 0.6) is 0 Å². The lowest BCUT2D eigenvalue weighted by molar-refractivity contribution is -0.154. The second-order valence-corrected chi connectivity index (χ2v) is 11.8. The minimum atomic E-state index is -3.96. The van der Waals surface area contributed by atoms with Crippen molar-refractivity contribution in [1.29, 1.82) is 0 Å². The molecular formula is C31H37F2N7O9. The maximum atomic E-state index is 14.8. The summed E-state index contributed by atoms with van der Waals surface area (Å²) in [6.45, 7) is 4.74. The van der Waals surface area contributed by atoms with Crippen LogP contribution in [0.3, 0.4) is 0 Å². The Labute approximate surface area is 278 Å². The van der Waals surface area contributed by atoms with E-state index in [1.807, 2.05) is 0 Å². The Morgan fingerprint density at radius 2 is 1.90 bits per heavy atom. The number of esters is 1. The van der Waals surface area contributed by atoms with E-state index in [4.69, 9.17) is 15.2 Å². The minimum absolute atomic E-state index is 0.0673. The number of ether oxygens (including phenoxy) is 2. The number of nitrogens with two attached hydrogens (primary N) is 1. The predicted molar refractivity (Wildman–Crippen MR) is 166 cm³/mol. The van der Waals surface area contributed by atoms with Crippen LogP contribution in [0.1, 0.15) is 32.1 Å². The number of hydrogen-bond donors (Lipinski definition) is 5. The van der Waals surface area contributed by atoms with Crippen molar-refractivity contribution in [2.45, 2.75) is 69.2 Å². The summed E-state index contributed by atoms with van der Waals surface area (Å²) < 4.78 is 40.3. The highest BCUT2D eigenvalue weighted by molar-refractivity contribution is 5.97. The van der Waals surface area contributed by atoms with E-state index in [0.29, 0.717) is 10.1 Å². The van der Waals surface area contributed by atoms with Gasteiger partial charge in [-0.1, -0.05) is 36.9 Å². The molecule has 2 aromatic rings. The Kier molecular flexibility index (Phi) is 11.5. The number of carbonyl (C=O) groups excluding carboxylic acids is 5. The molecule has 6 N–H and O–H groups in total. The predicted octanol–water partition coefficient (Wildman–Crippen LogP) is -1.21. The van der Waals surface area contributed by atoms with Gasteiger partial charge in [0.15, 0.2) is 6.10 Å². The van der Waals surface area contributed by atoms with Crippen LogP contribution in [0.25, 0.3) is 0 Å². The SMILES string of the molecule is C=C(C)C(=O)NCC(=O)NC(Cc1ccccc1)C(=O)NC1CC(C)N(CC(=O)OC[C@@H]2OC(n3ccc(N)nc3=O)C(F)(F)C2O)C1=O. The van der Waals surface area contributed by atoms with Gasteiger partial charge in [0.05, 0.1) is 6.54 Å². The molecular weight excluding hydrogens is 652 g/mol. The molecule has 1 aromatic carbocycles. The molecule has 0 radical (unpaired) electrons. The van der Waals surface area contributed by atoms with Crippen molar-refractivity contribution in [3.63, 3.8) is 0 Å². The molecule has 2 aliphatic rings. The zero-order valence-corrected chi connectivity index (χ0v) is 26.6. The third-order valence-corrected chi connectivity index (χ3v) is 7.93. The number of hydrogen-bond acceptors (Lipinski definition) is 11. The lowest BCUT2D eigenvalue weighted by Crippen LogP contribution is -2.54. The topological polar surface area (TPSA) is 224 Å². The first kappa shape index (κ1) is 36.6. The average molecular weight is 690 g/mol. The van der Waals surface area contributed by atoms with Crippen LogP contribution in [0, 0.1) is 0 Å². The average Bonchev–Trinajstić information content (AvgIpc) is 3.43. The molecule has 0 aliphatic carbocycles. The van der Waals surface area contributed by atoms with E-state index >= 15 is 0 Å². The van der Waals surface area contributed by atoms with Gasteiger partial charge >= 0.3 is 17.6 Å². The van der Waals surface area contributed by atoms with Crippen LogP contribution in [0.15, 0.2) is 59.5 Å². The molecule has 2 aliphatic heterocycles. The highest BCUT2D eigenvalue weighted by atomic mass is 19.3. The molecule has 4 rings (SSSR count). The van der Waals surface area contributed by atoms with Crippen molar-refractivity contribution in [3.8, 4) is 0 Å². The lowest BCUT2D eigenvalue weighted by atomic mass is 10.0. The van der Waals surface area contributed by atoms with Crippen LogP contribution in [0.2, 0.25) is 0 Å². The number of nitrogen functional groups attached to an aromatic ring is 1. The van der Waals surface area contributed by atoms with Crippen LogP contribution in [0.4, 0.5) is 14.6 Å². The van der Waals surface area contributed by atoms with Gasteiger partial charge in [0.1, 0.15) is 37.2 Å². The largest absolute Gasteiger partial charge is 0.461 e. The Morgan fingerprint density at radius 3 is 2.55 bits per heavy atom. The number of aromatic nitrogens is 2. The summed E-state index contributed by atoms with van der Waals surface area (Å²) in [7, 11) is 0. The number of benzene rings is 1. The molecule has 0 saturated carbocycles. The van der Waals surface area contributed by atoms with Gasteiger partial charge in [0.25, 0.3) is 0 Å². The van der Waals surface area contributed by atoms with E-state index < -0.39 is 97.5 Å². The Bertz CT molecular complexity index is 1660. The summed E-state index contributed by atoms with van der Waals surface area (Å²) in [5, 5.41) is 17.7. The zero-order chi connectivity index (χ0) is 36.0. The molecule has 0 spiro atoms. The summed E-state index contributed by atoms with van der Waals surface area (Å²) in [6.07, 6.45) is -5.32. The number of nitrogens with one attached hydrogen (secondary N) is 3. The number of anilines is 1. The van der Waals surface area contributed by atoms with E-state index in [1.165, 1.54) is 6.92 Å². The molecule has 2 saturated heterocycles. The Hall–Kier alpha value is -5.23. The zero-order valence-electron chi connectivity index (χ0n) is 26.6. The fraction of sp³-hybridized carbons (Fsp3) is 0.452. The number of aliphatic hydroxyl groups excluding tert-OH is 1. The summed E-state index contributed by atoms with van der Waals surface area (Å²) in [5.74, 6) is -7.68. The minimum Gasteiger partial charge on any atom is -0.461 e. The van der Waals surface area contributed by atoms with Crippen LogP contribution in [-0.4, -0.2) is 105 Å². The van der Waals surface area contributed by atoms with Crippen molar-refractivity contribution in [3.05, 3.63) is 70.8 Å². The summed E-state index contributed by atoms with van der Waals surface area (Å²) >= 11 is 0. The molecule has 0 bridgehead atoms. The fourth-order valence-electron chi connectivity index (χ4n) is 5.30. The van der Waals surface area contributed by atoms with E-state index in [-0.39, 0.29) is 24.2 Å². The van der Waals surface area contributed by atoms with Gasteiger partial charge in [0.2, 0.25) is 29.9 Å². The number of likely N-dealkylation sites (tertiary alicyclic amines) is 1. The van der Waals surface area contributed by atoms with Crippen molar-refractivity contribution < 1.29 is 47.3 Å². The maximum absolute atomic E-state index is 14.8. The first-order valence-electron chi connectivity index (χ1n) is 15.2. The molecule has 18 heteroatoms. The second-order valence-electron chi connectivity index (χ2n) is 11.8. The standard InChI is InChI=1S/C31H37F2N7O9/c1-16(2)26(44)35-13-23(41)36-19(12-18-7-5-4-6-8-18)27(45)37-20-11-17(3)40(28(20)46)14-24(42)48-15-21-25(43)31(32,33)29(49-21)39-10-9-22(34)38-30(39)47/h4-10,17,19-21,25,29,43H,1,11-15H2,2-3H3,(H,35,44)(H,36,41)(H,37,45)(H2,34,38,47)/t17?,19?,20?,21-,25?,29?/m0/s1. The molecule has 3 heterocycles. The number of halogens is 2. The lowest BCUT2D eigenvalue weighted by Gasteiger charge is -2.22. The molecule has 4 amide bonds. The molecule has 264 valence electrons. The van der Waals surface area contributed by atoms with E-state index in [9.17, 15) is 42.7 Å². The number of nitrogens with zero attached hydrogens (tertiary/aromatic N) is 3. The summed E-state index contributed by atoms with van der Waals surface area (Å²) in [6, 6.07) is 7.11. The van der Waals surface area contributed by atoms with Gasteiger partial charge in [-0.15, -0.1) is 0 Å². The number of aliphatic hydroxyl groups is 1. The van der Waals surface area contributed by atoms with Crippen LogP contribution >= 0.6 is 0 Å². The number of alkyl halides is 2. The molecule has 49 heavy (non-hydrogen) atoms. The Balaban J connectivity index is 1.34. The van der Waals surface area contributed by atoms with Gasteiger partial charge in [-0.2, -0.15) is 13.8 Å². The van der Waals surface area contributed by atoms with E-state index in [1.54, 1.807) is 37.3 Å². The monoisotopic (exact) mass is 689 g/mol. The molecule has 1 aromatic heterocycles. The first-order chi connectivity index (χ1) is 23.1. The van der Waals surface area contributed by atoms with Gasteiger partial charge in [0, 0.05) is 24.2 Å².